The van der Waals surface area contributed by atoms with Crippen molar-refractivity contribution in [1.29, 1.82) is 0 Å². The monoisotopic (exact) mass is 218 g/mol. The van der Waals surface area contributed by atoms with Crippen LogP contribution in [0.3, 0.4) is 0 Å². The van der Waals surface area contributed by atoms with E-state index >= 15 is 0 Å². The van der Waals surface area contributed by atoms with Gasteiger partial charge in [-0.1, -0.05) is 32.1 Å². The van der Waals surface area contributed by atoms with Gasteiger partial charge in [-0.2, -0.15) is 0 Å². The molecule has 0 amide bonds. The first kappa shape index (κ1) is 12.6. The minimum atomic E-state index is 0.512. The molecule has 1 heterocycles. The van der Waals surface area contributed by atoms with Crippen molar-refractivity contribution in [2.75, 3.05) is 6.54 Å². The Morgan fingerprint density at radius 1 is 1.56 bits per heavy atom. The minimum Gasteiger partial charge on any atom is -0.331 e. The Kier molecular flexibility index (Phi) is 4.86. The van der Waals surface area contributed by atoms with Crippen molar-refractivity contribution in [2.45, 2.75) is 20.3 Å². The lowest BCUT2D eigenvalue weighted by Gasteiger charge is -2.06. The molecule has 1 unspecified atom stereocenters. The van der Waals surface area contributed by atoms with Gasteiger partial charge in [0, 0.05) is 0 Å². The Hall–Kier alpha value is -1.48. The molecule has 1 aliphatic rings. The molecular weight excluding hydrogens is 200 g/mol. The highest BCUT2D eigenvalue weighted by Crippen LogP contribution is 2.05. The van der Waals surface area contributed by atoms with E-state index in [2.05, 4.69) is 24.1 Å². The van der Waals surface area contributed by atoms with Crippen LogP contribution in [0.4, 0.5) is 0 Å². The highest BCUT2D eigenvalue weighted by molar-refractivity contribution is 5.71. The van der Waals surface area contributed by atoms with Gasteiger partial charge in [-0.15, -0.1) is 0 Å². The Morgan fingerprint density at radius 3 is 2.88 bits per heavy atom. The molecule has 0 spiro atoms. The van der Waals surface area contributed by atoms with Gasteiger partial charge in [0.1, 0.15) is 5.69 Å². The fraction of sp³-hybridized carbons (Fsp3) is 0.385. The zero-order valence-electron chi connectivity index (χ0n) is 9.81. The van der Waals surface area contributed by atoms with Gasteiger partial charge >= 0.3 is 0 Å². The van der Waals surface area contributed by atoms with E-state index in [0.717, 1.165) is 29.8 Å². The molecule has 0 bridgehead atoms. The molecule has 1 atom stereocenters. The van der Waals surface area contributed by atoms with Gasteiger partial charge in [0.05, 0.1) is 5.35 Å². The molecule has 86 valence electrons. The second-order valence-corrected chi connectivity index (χ2v) is 3.82. The van der Waals surface area contributed by atoms with Crippen LogP contribution < -0.4 is 16.3 Å². The van der Waals surface area contributed by atoms with Crippen LogP contribution in [-0.4, -0.2) is 17.8 Å². The molecule has 0 aliphatic heterocycles. The summed E-state index contributed by atoms with van der Waals surface area (Å²) in [6.45, 7) is 4.83. The fourth-order valence-corrected chi connectivity index (χ4v) is 1.54. The van der Waals surface area contributed by atoms with Crippen molar-refractivity contribution in [3.05, 3.63) is 28.4 Å². The second kappa shape index (κ2) is 6.18. The number of hydrogen-bond acceptors (Lipinski definition) is 3. The maximum absolute atomic E-state index is 10.5. The lowest BCUT2D eigenvalue weighted by Crippen LogP contribution is -2.32. The van der Waals surface area contributed by atoms with Crippen LogP contribution in [0.1, 0.15) is 30.8 Å². The summed E-state index contributed by atoms with van der Waals surface area (Å²) in [5, 5.41) is 2.09. The Labute approximate surface area is 95.7 Å². The van der Waals surface area contributed by atoms with Crippen LogP contribution in [0.15, 0.2) is 12.1 Å². The first-order valence-corrected chi connectivity index (χ1v) is 5.55. The van der Waals surface area contributed by atoms with E-state index < -0.39 is 0 Å². The van der Waals surface area contributed by atoms with Crippen LogP contribution in [-0.2, 0) is 0 Å². The summed E-state index contributed by atoms with van der Waals surface area (Å²) in [6.07, 6.45) is 6.08. The number of pyridine rings is 1. The summed E-state index contributed by atoms with van der Waals surface area (Å²) in [6, 6.07) is 3.71. The molecule has 3 nitrogen and oxygen atoms in total. The number of nitrogens with zero attached hydrogens (tertiary/aromatic N) is 1. The predicted molar refractivity (Wildman–Crippen MR) is 66.3 cm³/mol. The molecule has 0 fully saturated rings. The molecule has 0 radical (unpaired) electrons. The molecule has 2 N–H and O–H groups in total. The summed E-state index contributed by atoms with van der Waals surface area (Å²) in [7, 11) is 0. The van der Waals surface area contributed by atoms with Crippen LogP contribution in [0.5, 0.6) is 0 Å². The normalized spacial score (nSPS) is 17.1. The van der Waals surface area contributed by atoms with Crippen molar-refractivity contribution in [1.82, 2.24) is 4.98 Å². The average molecular weight is 218 g/mol. The van der Waals surface area contributed by atoms with E-state index in [9.17, 15) is 4.79 Å². The lowest BCUT2D eigenvalue weighted by atomic mass is 10.0. The Bertz CT molecular complexity index is 465. The number of aldehydes is 1. The molecule has 1 aromatic rings. The van der Waals surface area contributed by atoms with E-state index in [1.54, 1.807) is 6.07 Å². The first-order chi connectivity index (χ1) is 7.71. The summed E-state index contributed by atoms with van der Waals surface area (Å²) >= 11 is 0. The van der Waals surface area contributed by atoms with Crippen LogP contribution in [0.2, 0.25) is 0 Å². The zero-order chi connectivity index (χ0) is 12.0. The van der Waals surface area contributed by atoms with E-state index in [-0.39, 0.29) is 0 Å². The summed E-state index contributed by atoms with van der Waals surface area (Å²) in [5.41, 5.74) is 5.36. The van der Waals surface area contributed by atoms with Gasteiger partial charge in [-0.05, 0) is 30.2 Å². The molecule has 1 aromatic heterocycles. The SMILES string of the molecule is CC1C=c2ccc(C=O)nc2=CC1.CCN. The number of carbonyl (C=O) groups is 1. The topological polar surface area (TPSA) is 56.0 Å². The number of rotatable bonds is 1. The number of fused-ring (bicyclic) bond motifs is 1. The molecule has 2 rings (SSSR count). The molecule has 0 aromatic carbocycles. The quantitative estimate of drug-likeness (QED) is 0.697. The Balaban J connectivity index is 0.000000386. The predicted octanol–water partition coefficient (Wildman–Crippen LogP) is 0.460. The standard InChI is InChI=1S/C11H11NO.C2H7N/c1-8-2-5-11-9(6-8)3-4-10(7-13)12-11;1-2-3/h3-8H,2H2,1H3;2-3H2,1H3. The van der Waals surface area contributed by atoms with E-state index in [0.29, 0.717) is 11.6 Å². The maximum Gasteiger partial charge on any atom is 0.168 e. The van der Waals surface area contributed by atoms with Gasteiger partial charge in [0.25, 0.3) is 0 Å². The molecule has 0 saturated carbocycles. The maximum atomic E-state index is 10.5. The third kappa shape index (κ3) is 3.28. The fourth-order valence-electron chi connectivity index (χ4n) is 1.54. The smallest absolute Gasteiger partial charge is 0.168 e. The average Bonchev–Trinajstić information content (AvgIpc) is 2.29. The third-order valence-corrected chi connectivity index (χ3v) is 2.25. The van der Waals surface area contributed by atoms with Gasteiger partial charge in [-0.25, -0.2) is 4.98 Å². The largest absolute Gasteiger partial charge is 0.331 e. The lowest BCUT2D eigenvalue weighted by molar-refractivity contribution is 0.111. The van der Waals surface area contributed by atoms with Gasteiger partial charge in [-0.3, -0.25) is 4.79 Å². The van der Waals surface area contributed by atoms with Crippen LogP contribution >= 0.6 is 0 Å². The van der Waals surface area contributed by atoms with Crippen molar-refractivity contribution in [3.63, 3.8) is 0 Å². The van der Waals surface area contributed by atoms with Crippen molar-refractivity contribution >= 4 is 18.4 Å². The van der Waals surface area contributed by atoms with Crippen molar-refractivity contribution in [3.8, 4) is 0 Å². The van der Waals surface area contributed by atoms with Crippen molar-refractivity contribution < 1.29 is 4.79 Å². The summed E-state index contributed by atoms with van der Waals surface area (Å²) < 4.78 is 0. The number of hydrogen-bond donors (Lipinski definition) is 1. The van der Waals surface area contributed by atoms with Crippen LogP contribution in [0.25, 0.3) is 12.2 Å². The van der Waals surface area contributed by atoms with E-state index in [4.69, 9.17) is 5.73 Å². The number of nitrogens with two attached hydrogens (primary N) is 1. The Morgan fingerprint density at radius 2 is 2.25 bits per heavy atom. The molecule has 0 saturated heterocycles. The summed E-state index contributed by atoms with van der Waals surface area (Å²) in [4.78, 5) is 14.7. The number of carbonyl (C=O) groups excluding carboxylic acids is 1. The van der Waals surface area contributed by atoms with Gasteiger partial charge in [0.15, 0.2) is 6.29 Å². The van der Waals surface area contributed by atoms with Crippen LogP contribution in [0, 0.1) is 5.92 Å². The van der Waals surface area contributed by atoms with Crippen molar-refractivity contribution in [2.24, 2.45) is 11.7 Å². The minimum absolute atomic E-state index is 0.512. The second-order valence-electron chi connectivity index (χ2n) is 3.82. The first-order valence-electron chi connectivity index (χ1n) is 5.55. The zero-order valence-corrected chi connectivity index (χ0v) is 9.81. The summed E-state index contributed by atoms with van der Waals surface area (Å²) in [5.74, 6) is 0.580. The molecule has 3 heteroatoms. The van der Waals surface area contributed by atoms with Gasteiger partial charge < -0.3 is 5.73 Å². The highest BCUT2D eigenvalue weighted by atomic mass is 16.1. The highest BCUT2D eigenvalue weighted by Gasteiger charge is 2.02. The molecule has 16 heavy (non-hydrogen) atoms. The number of aromatic nitrogens is 1. The molecular formula is C13H18N2O. The third-order valence-electron chi connectivity index (χ3n) is 2.25. The van der Waals surface area contributed by atoms with E-state index in [1.807, 2.05) is 13.0 Å². The van der Waals surface area contributed by atoms with E-state index in [1.165, 1.54) is 0 Å². The molecule has 1 aliphatic carbocycles. The van der Waals surface area contributed by atoms with Gasteiger partial charge in [0.2, 0.25) is 0 Å².